The standard InChI is InChI=1S/C11H23NO3/c1-2-11(13)10-15-7-3-4-12-5-8-14-9-6-12/h11,13H,2-10H2,1H3. The number of rotatable bonds is 7. The van der Waals surface area contributed by atoms with Crippen molar-refractivity contribution in [2.75, 3.05) is 46.1 Å². The van der Waals surface area contributed by atoms with Crippen molar-refractivity contribution in [3.8, 4) is 0 Å². The first-order valence-electron chi connectivity index (χ1n) is 5.89. The maximum absolute atomic E-state index is 9.25. The van der Waals surface area contributed by atoms with E-state index in [1.54, 1.807) is 0 Å². The van der Waals surface area contributed by atoms with Gasteiger partial charge in [-0.2, -0.15) is 0 Å². The van der Waals surface area contributed by atoms with Crippen LogP contribution in [0.3, 0.4) is 0 Å². The van der Waals surface area contributed by atoms with Crippen LogP contribution >= 0.6 is 0 Å². The lowest BCUT2D eigenvalue weighted by atomic mass is 10.3. The Kier molecular flexibility index (Phi) is 6.92. The van der Waals surface area contributed by atoms with Gasteiger partial charge in [-0.25, -0.2) is 0 Å². The first-order chi connectivity index (χ1) is 7.33. The molecule has 1 aliphatic rings. The molecule has 0 saturated carbocycles. The molecule has 1 aliphatic heterocycles. The summed E-state index contributed by atoms with van der Waals surface area (Å²) in [5.41, 5.74) is 0. The van der Waals surface area contributed by atoms with E-state index in [4.69, 9.17) is 9.47 Å². The predicted molar refractivity (Wildman–Crippen MR) is 59.0 cm³/mol. The second-order valence-corrected chi connectivity index (χ2v) is 3.94. The van der Waals surface area contributed by atoms with Gasteiger partial charge < -0.3 is 14.6 Å². The van der Waals surface area contributed by atoms with E-state index in [0.717, 1.165) is 52.3 Å². The molecule has 1 N–H and O–H groups in total. The van der Waals surface area contributed by atoms with Crippen LogP contribution in [0.1, 0.15) is 19.8 Å². The molecule has 90 valence electrons. The number of ether oxygens (including phenoxy) is 2. The van der Waals surface area contributed by atoms with E-state index in [0.29, 0.717) is 6.61 Å². The van der Waals surface area contributed by atoms with Gasteiger partial charge >= 0.3 is 0 Å². The number of hydrogen-bond donors (Lipinski definition) is 1. The van der Waals surface area contributed by atoms with Crippen LogP contribution in [0.5, 0.6) is 0 Å². The highest BCUT2D eigenvalue weighted by Gasteiger charge is 2.09. The molecule has 0 aromatic heterocycles. The monoisotopic (exact) mass is 217 g/mol. The quantitative estimate of drug-likeness (QED) is 0.630. The van der Waals surface area contributed by atoms with Crippen LogP contribution < -0.4 is 0 Å². The lowest BCUT2D eigenvalue weighted by molar-refractivity contribution is 0.0173. The maximum atomic E-state index is 9.25. The minimum Gasteiger partial charge on any atom is -0.391 e. The van der Waals surface area contributed by atoms with Crippen LogP contribution in [0, 0.1) is 0 Å². The Hall–Kier alpha value is -0.160. The minimum absolute atomic E-state index is 0.298. The summed E-state index contributed by atoms with van der Waals surface area (Å²) >= 11 is 0. The summed E-state index contributed by atoms with van der Waals surface area (Å²) in [6.45, 7) is 8.04. The number of nitrogens with zero attached hydrogens (tertiary/aromatic N) is 1. The fourth-order valence-corrected chi connectivity index (χ4v) is 1.55. The van der Waals surface area contributed by atoms with Gasteiger partial charge in [-0.3, -0.25) is 4.90 Å². The van der Waals surface area contributed by atoms with Gasteiger partial charge in [0.05, 0.1) is 25.9 Å². The molecule has 0 amide bonds. The average molecular weight is 217 g/mol. The van der Waals surface area contributed by atoms with Crippen LogP contribution in [0.25, 0.3) is 0 Å². The molecule has 0 aliphatic carbocycles. The Bertz CT molecular complexity index is 149. The largest absolute Gasteiger partial charge is 0.391 e. The summed E-state index contributed by atoms with van der Waals surface area (Å²) in [4.78, 5) is 2.39. The van der Waals surface area contributed by atoms with Crippen molar-refractivity contribution in [2.45, 2.75) is 25.9 Å². The molecule has 0 bridgehead atoms. The van der Waals surface area contributed by atoms with Gasteiger partial charge in [0.15, 0.2) is 0 Å². The van der Waals surface area contributed by atoms with Gasteiger partial charge in [0.2, 0.25) is 0 Å². The van der Waals surface area contributed by atoms with Crippen molar-refractivity contribution in [3.05, 3.63) is 0 Å². The van der Waals surface area contributed by atoms with Crippen LogP contribution in [0.2, 0.25) is 0 Å². The van der Waals surface area contributed by atoms with Gasteiger partial charge in [0.1, 0.15) is 0 Å². The number of morpholine rings is 1. The van der Waals surface area contributed by atoms with E-state index < -0.39 is 0 Å². The molecular weight excluding hydrogens is 194 g/mol. The van der Waals surface area contributed by atoms with Gasteiger partial charge in [0.25, 0.3) is 0 Å². The summed E-state index contributed by atoms with van der Waals surface area (Å²) in [7, 11) is 0. The van der Waals surface area contributed by atoms with E-state index >= 15 is 0 Å². The Labute approximate surface area is 92.2 Å². The number of aliphatic hydroxyl groups excluding tert-OH is 1. The van der Waals surface area contributed by atoms with Crippen molar-refractivity contribution in [1.82, 2.24) is 4.90 Å². The van der Waals surface area contributed by atoms with Gasteiger partial charge in [-0.1, -0.05) is 6.92 Å². The van der Waals surface area contributed by atoms with E-state index in [9.17, 15) is 5.11 Å². The lowest BCUT2D eigenvalue weighted by Crippen LogP contribution is -2.37. The molecule has 1 saturated heterocycles. The first kappa shape index (κ1) is 12.9. The second kappa shape index (κ2) is 8.05. The Morgan fingerprint density at radius 3 is 2.80 bits per heavy atom. The molecule has 0 aromatic carbocycles. The van der Waals surface area contributed by atoms with Gasteiger partial charge in [0, 0.05) is 26.2 Å². The van der Waals surface area contributed by atoms with Gasteiger partial charge in [-0.15, -0.1) is 0 Å². The van der Waals surface area contributed by atoms with Crippen molar-refractivity contribution in [2.24, 2.45) is 0 Å². The summed E-state index contributed by atoms with van der Waals surface area (Å²) in [5.74, 6) is 0. The van der Waals surface area contributed by atoms with Crippen LogP contribution in [0.4, 0.5) is 0 Å². The van der Waals surface area contributed by atoms with E-state index in [1.807, 2.05) is 6.92 Å². The normalized spacial score (nSPS) is 20.4. The van der Waals surface area contributed by atoms with Crippen molar-refractivity contribution >= 4 is 0 Å². The zero-order valence-corrected chi connectivity index (χ0v) is 9.65. The third-order valence-electron chi connectivity index (χ3n) is 2.65. The molecule has 1 atom stereocenters. The molecule has 4 nitrogen and oxygen atoms in total. The van der Waals surface area contributed by atoms with Crippen LogP contribution in [-0.4, -0.2) is 62.2 Å². The van der Waals surface area contributed by atoms with Crippen molar-refractivity contribution < 1.29 is 14.6 Å². The van der Waals surface area contributed by atoms with Crippen LogP contribution in [-0.2, 0) is 9.47 Å². The smallest absolute Gasteiger partial charge is 0.0771 e. The van der Waals surface area contributed by atoms with Crippen LogP contribution in [0.15, 0.2) is 0 Å². The molecule has 15 heavy (non-hydrogen) atoms. The lowest BCUT2D eigenvalue weighted by Gasteiger charge is -2.26. The minimum atomic E-state index is -0.298. The molecule has 1 heterocycles. The molecule has 0 radical (unpaired) electrons. The topological polar surface area (TPSA) is 41.9 Å². The zero-order chi connectivity index (χ0) is 10.9. The fraction of sp³-hybridized carbons (Fsp3) is 1.00. The average Bonchev–Trinajstić information content (AvgIpc) is 2.29. The summed E-state index contributed by atoms with van der Waals surface area (Å²) < 4.78 is 10.6. The van der Waals surface area contributed by atoms with Crippen molar-refractivity contribution in [1.29, 1.82) is 0 Å². The fourth-order valence-electron chi connectivity index (χ4n) is 1.55. The maximum Gasteiger partial charge on any atom is 0.0771 e. The highest BCUT2D eigenvalue weighted by molar-refractivity contribution is 4.61. The molecule has 1 unspecified atom stereocenters. The third kappa shape index (κ3) is 6.10. The summed E-state index contributed by atoms with van der Waals surface area (Å²) in [5, 5.41) is 9.25. The molecule has 1 fully saturated rings. The van der Waals surface area contributed by atoms with Crippen molar-refractivity contribution in [3.63, 3.8) is 0 Å². The Balaban J connectivity index is 1.87. The van der Waals surface area contributed by atoms with E-state index in [1.165, 1.54) is 0 Å². The molecule has 1 rings (SSSR count). The van der Waals surface area contributed by atoms with E-state index in [2.05, 4.69) is 4.90 Å². The first-order valence-corrected chi connectivity index (χ1v) is 5.89. The SMILES string of the molecule is CCC(O)COCCCN1CCOCC1. The number of hydrogen-bond acceptors (Lipinski definition) is 4. The highest BCUT2D eigenvalue weighted by Crippen LogP contribution is 1.98. The predicted octanol–water partition coefficient (Wildman–Crippen LogP) is 0.496. The van der Waals surface area contributed by atoms with Gasteiger partial charge in [-0.05, 0) is 12.8 Å². The molecule has 0 aromatic rings. The third-order valence-corrected chi connectivity index (χ3v) is 2.65. The summed E-state index contributed by atoms with van der Waals surface area (Å²) in [6, 6.07) is 0. The Morgan fingerprint density at radius 1 is 1.40 bits per heavy atom. The number of aliphatic hydroxyl groups is 1. The van der Waals surface area contributed by atoms with E-state index in [-0.39, 0.29) is 6.10 Å². The Morgan fingerprint density at radius 2 is 2.13 bits per heavy atom. The zero-order valence-electron chi connectivity index (χ0n) is 9.65. The molecule has 4 heteroatoms. The molecular formula is C11H23NO3. The molecule has 0 spiro atoms. The summed E-state index contributed by atoms with van der Waals surface area (Å²) in [6.07, 6.45) is 1.51. The second-order valence-electron chi connectivity index (χ2n) is 3.94. The highest BCUT2D eigenvalue weighted by atomic mass is 16.5.